The third-order valence-electron chi connectivity index (χ3n) is 9.24. The van der Waals surface area contributed by atoms with Crippen molar-refractivity contribution in [3.63, 3.8) is 0 Å². The van der Waals surface area contributed by atoms with Crippen molar-refractivity contribution >= 4 is 29.7 Å². The average molecular weight is 768 g/mol. The van der Waals surface area contributed by atoms with E-state index >= 15 is 0 Å². The molecule has 6 rings (SSSR count). The molecule has 5 heteroatoms. The van der Waals surface area contributed by atoms with Crippen LogP contribution < -0.4 is 28.1 Å². The minimum atomic E-state index is -2.89. The predicted molar refractivity (Wildman–Crippen MR) is 189 cm³/mol. The predicted octanol–water partition coefficient (Wildman–Crippen LogP) is 5.14. The minimum absolute atomic E-state index is 0. The van der Waals surface area contributed by atoms with Crippen molar-refractivity contribution in [3.05, 3.63) is 143 Å². The van der Waals surface area contributed by atoms with Gasteiger partial charge in [0.15, 0.2) is 0 Å². The summed E-state index contributed by atoms with van der Waals surface area (Å²) >= 11 is 10.5. The monoisotopic (exact) mass is 764 g/mol. The van der Waals surface area contributed by atoms with Crippen molar-refractivity contribution in [2.24, 2.45) is 0 Å². The maximum Gasteiger partial charge on any atom is -1.00 e. The van der Waals surface area contributed by atoms with Crippen LogP contribution >= 0.6 is 23.2 Å². The van der Waals surface area contributed by atoms with Gasteiger partial charge in [0, 0.05) is 0 Å². The Balaban J connectivity index is 0.00000240. The van der Waals surface area contributed by atoms with E-state index in [1.54, 1.807) is 12.1 Å². The molecule has 0 heterocycles. The van der Waals surface area contributed by atoms with Crippen molar-refractivity contribution in [2.45, 2.75) is 79.1 Å². The first-order valence-corrected chi connectivity index (χ1v) is 20.1. The molecule has 0 aromatic heterocycles. The SMILES string of the molecule is Cc1cc2c(cc1C(C)(C)C)-c1cc(C(C)(C)C)c(C)[c]([Zr+2]([C]3=CC=CC3)=[C](c3cccc(Cl)c3)c3cccc(Cl)c3)c1C2.[Cl-].[Cl-]. The van der Waals surface area contributed by atoms with Gasteiger partial charge in [0.25, 0.3) is 0 Å². The van der Waals surface area contributed by atoms with Gasteiger partial charge in [0.1, 0.15) is 0 Å². The van der Waals surface area contributed by atoms with E-state index in [0.29, 0.717) is 0 Å². The van der Waals surface area contributed by atoms with Crippen LogP contribution in [-0.2, 0) is 38.5 Å². The first kappa shape index (κ1) is 37.1. The molecule has 0 N–H and O–H groups in total. The maximum absolute atomic E-state index is 6.71. The van der Waals surface area contributed by atoms with Crippen LogP contribution in [0.1, 0.15) is 92.5 Å². The molecule has 0 unspecified atom stereocenters. The van der Waals surface area contributed by atoms with Gasteiger partial charge in [-0.1, -0.05) is 0 Å². The average Bonchev–Trinajstić information content (AvgIpc) is 3.58. The van der Waals surface area contributed by atoms with Crippen LogP contribution in [-0.4, -0.2) is 3.21 Å². The van der Waals surface area contributed by atoms with Crippen LogP contribution in [0, 0.1) is 13.8 Å². The summed E-state index contributed by atoms with van der Waals surface area (Å²) < 4.78 is 4.68. The van der Waals surface area contributed by atoms with Crippen LogP contribution in [0.5, 0.6) is 0 Å². The Morgan fingerprint density at radius 1 is 0.717 bits per heavy atom. The van der Waals surface area contributed by atoms with Crippen LogP contribution in [0.4, 0.5) is 0 Å². The van der Waals surface area contributed by atoms with Gasteiger partial charge in [0.05, 0.1) is 0 Å². The number of benzene rings is 4. The first-order valence-electron chi connectivity index (χ1n) is 15.7. The maximum atomic E-state index is 6.71. The van der Waals surface area contributed by atoms with E-state index in [-0.39, 0.29) is 35.6 Å². The van der Waals surface area contributed by atoms with E-state index in [1.165, 1.54) is 53.3 Å². The smallest absolute Gasteiger partial charge is 1.00 e. The molecule has 0 spiro atoms. The zero-order valence-corrected chi connectivity index (χ0v) is 33.5. The van der Waals surface area contributed by atoms with E-state index < -0.39 is 21.3 Å². The Labute approximate surface area is 306 Å². The van der Waals surface area contributed by atoms with E-state index in [0.717, 1.165) is 22.9 Å². The van der Waals surface area contributed by atoms with Gasteiger partial charge in [-0.25, -0.2) is 0 Å². The summed E-state index contributed by atoms with van der Waals surface area (Å²) in [6, 6.07) is 24.5. The van der Waals surface area contributed by atoms with Gasteiger partial charge < -0.3 is 24.8 Å². The number of hydrogen-bond donors (Lipinski definition) is 0. The quantitative estimate of drug-likeness (QED) is 0.238. The van der Waals surface area contributed by atoms with Crippen molar-refractivity contribution < 1.29 is 46.1 Å². The summed E-state index contributed by atoms with van der Waals surface area (Å²) in [5.74, 6) is 0. The summed E-state index contributed by atoms with van der Waals surface area (Å²) in [6.07, 6.45) is 9.01. The van der Waals surface area contributed by atoms with Gasteiger partial charge in [-0.05, 0) is 0 Å². The van der Waals surface area contributed by atoms with Crippen molar-refractivity contribution in [1.82, 2.24) is 0 Å². The van der Waals surface area contributed by atoms with Crippen LogP contribution in [0.3, 0.4) is 0 Å². The molecule has 0 nitrogen and oxygen atoms in total. The third kappa shape index (κ3) is 7.02. The molecule has 0 saturated carbocycles. The molecule has 4 aromatic rings. The zero-order valence-electron chi connectivity index (χ0n) is 28.0. The summed E-state index contributed by atoms with van der Waals surface area (Å²) in [5, 5.41) is 1.54. The molecule has 0 radical (unpaired) electrons. The summed E-state index contributed by atoms with van der Waals surface area (Å²) in [4.78, 5) is 0. The molecule has 0 aliphatic heterocycles. The van der Waals surface area contributed by atoms with Crippen molar-refractivity contribution in [1.29, 1.82) is 0 Å². The Hall–Kier alpha value is -1.73. The molecule has 0 fully saturated rings. The summed E-state index contributed by atoms with van der Waals surface area (Å²) in [5.41, 5.74) is 14.2. The largest absolute Gasteiger partial charge is 1.00 e. The van der Waals surface area contributed by atoms with Crippen molar-refractivity contribution in [2.75, 3.05) is 0 Å². The molecule has 4 aromatic carbocycles. The van der Waals surface area contributed by atoms with E-state index in [4.69, 9.17) is 23.2 Å². The molecule has 46 heavy (non-hydrogen) atoms. The third-order valence-corrected chi connectivity index (χ3v) is 17.7. The van der Waals surface area contributed by atoms with Crippen LogP contribution in [0.25, 0.3) is 11.1 Å². The number of fused-ring (bicyclic) bond motifs is 3. The van der Waals surface area contributed by atoms with Crippen LogP contribution in [0.2, 0.25) is 10.0 Å². The molecular formula is C41H42Cl4Zr. The van der Waals surface area contributed by atoms with Crippen LogP contribution in [0.15, 0.2) is 88.2 Å². The van der Waals surface area contributed by atoms with Gasteiger partial charge in [-0.15, -0.1) is 0 Å². The normalized spacial score (nSPS) is 13.2. The molecule has 2 aliphatic carbocycles. The summed E-state index contributed by atoms with van der Waals surface area (Å²) in [7, 11) is 0. The Morgan fingerprint density at radius 3 is 1.78 bits per heavy atom. The minimum Gasteiger partial charge on any atom is -1.00 e. The van der Waals surface area contributed by atoms with Gasteiger partial charge in [0.2, 0.25) is 0 Å². The first-order chi connectivity index (χ1) is 20.7. The number of aryl methyl sites for hydroxylation is 1. The Bertz CT molecular complexity index is 1860. The number of rotatable bonds is 4. The second-order valence-corrected chi connectivity index (χ2v) is 21.3. The Morgan fingerprint density at radius 2 is 1.28 bits per heavy atom. The number of halogens is 4. The van der Waals surface area contributed by atoms with Gasteiger partial charge in [-0.2, -0.15) is 0 Å². The zero-order chi connectivity index (χ0) is 31.6. The topological polar surface area (TPSA) is 0 Å². The Kier molecular flexibility index (Phi) is 11.3. The summed E-state index contributed by atoms with van der Waals surface area (Å²) in [6.45, 7) is 18.8. The number of hydrogen-bond acceptors (Lipinski definition) is 0. The molecule has 0 bridgehead atoms. The fourth-order valence-electron chi connectivity index (χ4n) is 7.36. The molecule has 238 valence electrons. The standard InChI is InChI=1S/C23H29.C13H8Cl2.C5H5.2ClH.Zr/c1-14-9-16-11-17-10-15(2)21(23(6,7)8)13-19(17)18(16)12-20(14)22(3,4)5;14-12-5-1-3-10(8-12)7-11-4-2-6-13(15)9-11;1-2-4-5-3-1;;;/h9,12-13H,11H2,1-8H3;1-6,8-9H;1-3H,4H2;2*1H;/q;;;;;+2/p-2. The van der Waals surface area contributed by atoms with Gasteiger partial charge >= 0.3 is 284 Å². The van der Waals surface area contributed by atoms with Crippen molar-refractivity contribution in [3.8, 4) is 11.1 Å². The fourth-order valence-corrected chi connectivity index (χ4v) is 16.1. The molecular weight excluding hydrogens is 725 g/mol. The second-order valence-electron chi connectivity index (χ2n) is 14.5. The van der Waals surface area contributed by atoms with E-state index in [2.05, 4.69) is 128 Å². The fraction of sp³-hybridized carbons (Fsp3) is 0.293. The van der Waals surface area contributed by atoms with Gasteiger partial charge in [-0.3, -0.25) is 0 Å². The van der Waals surface area contributed by atoms with E-state index in [9.17, 15) is 0 Å². The molecule has 0 atom stereocenters. The molecule has 2 aliphatic rings. The molecule has 0 amide bonds. The second kappa shape index (κ2) is 14.0. The number of allylic oxidation sites excluding steroid dienone is 4. The van der Waals surface area contributed by atoms with E-state index in [1.807, 2.05) is 12.1 Å². The molecule has 0 saturated heterocycles.